The Morgan fingerprint density at radius 2 is 1.48 bits per heavy atom. The molecule has 1 unspecified atom stereocenters. The molecule has 1 rings (SSSR count). The molecule has 0 aliphatic rings. The third-order valence-corrected chi connectivity index (χ3v) is 4.32. The molecule has 3 nitrogen and oxygen atoms in total. The number of anilines is 1. The first-order valence-corrected chi connectivity index (χ1v) is 8.04. The van der Waals surface area contributed by atoms with Gasteiger partial charge in [-0.1, -0.05) is 26.0 Å². The molecule has 116 valence electrons. The Labute approximate surface area is 130 Å². The predicted molar refractivity (Wildman–Crippen MR) is 90.6 cm³/mol. The first-order valence-electron chi connectivity index (χ1n) is 8.04. The molecule has 0 saturated heterocycles. The van der Waals surface area contributed by atoms with Gasteiger partial charge in [-0.05, 0) is 51.6 Å². The van der Waals surface area contributed by atoms with Gasteiger partial charge in [-0.15, -0.1) is 0 Å². The number of nitrogens with zero attached hydrogens (tertiary/aromatic N) is 3. The van der Waals surface area contributed by atoms with E-state index in [0.717, 1.165) is 32.6 Å². The lowest BCUT2D eigenvalue weighted by Gasteiger charge is -2.34. The molecule has 1 aromatic carbocycles. The van der Waals surface area contributed by atoms with Crippen LogP contribution in [0.3, 0.4) is 0 Å². The average Bonchev–Trinajstić information content (AvgIpc) is 2.51. The van der Waals surface area contributed by atoms with Crippen LogP contribution in [0.15, 0.2) is 24.3 Å². The van der Waals surface area contributed by atoms with Crippen LogP contribution in [-0.4, -0.2) is 36.6 Å². The Kier molecular flexibility index (Phi) is 6.71. The fourth-order valence-electron chi connectivity index (χ4n) is 2.95. The second-order valence-electron chi connectivity index (χ2n) is 5.57. The quantitative estimate of drug-likeness (QED) is 0.730. The number of likely N-dealkylation sites (N-methyl/N-ethyl adjacent to an activating group) is 1. The maximum absolute atomic E-state index is 9.60. The molecule has 0 N–H and O–H groups in total. The molecule has 0 spiro atoms. The molecule has 0 heterocycles. The second kappa shape index (κ2) is 8.05. The van der Waals surface area contributed by atoms with Crippen LogP contribution >= 0.6 is 0 Å². The molecule has 3 heteroatoms. The Hall–Kier alpha value is -1.53. The van der Waals surface area contributed by atoms with Crippen molar-refractivity contribution < 1.29 is 0 Å². The van der Waals surface area contributed by atoms with Gasteiger partial charge in [0, 0.05) is 25.2 Å². The number of nitriles is 1. The molecule has 0 radical (unpaired) electrons. The molecule has 1 aromatic rings. The van der Waals surface area contributed by atoms with Gasteiger partial charge in [0.15, 0.2) is 0 Å². The third kappa shape index (κ3) is 4.22. The minimum absolute atomic E-state index is 0.430. The maximum Gasteiger partial charge on any atom is 0.110 e. The standard InChI is InChI=1S/C18H29N3/c1-6-20(7-2)17-12-10-16(11-13-17)14-18(5,15-19)21(8-3)9-4/h10-13H,6-9,14H2,1-5H3. The summed E-state index contributed by atoms with van der Waals surface area (Å²) in [5.74, 6) is 0. The number of hydrogen-bond acceptors (Lipinski definition) is 3. The van der Waals surface area contributed by atoms with Gasteiger partial charge in [-0.3, -0.25) is 4.90 Å². The Balaban J connectivity index is 2.90. The summed E-state index contributed by atoms with van der Waals surface area (Å²) in [7, 11) is 0. The molecule has 0 aliphatic heterocycles. The van der Waals surface area contributed by atoms with Gasteiger partial charge in [-0.25, -0.2) is 0 Å². The van der Waals surface area contributed by atoms with E-state index in [4.69, 9.17) is 0 Å². The summed E-state index contributed by atoms with van der Waals surface area (Å²) in [6.45, 7) is 14.4. The first kappa shape index (κ1) is 17.5. The van der Waals surface area contributed by atoms with Gasteiger partial charge in [0.2, 0.25) is 0 Å². The fraction of sp³-hybridized carbons (Fsp3) is 0.611. The van der Waals surface area contributed by atoms with Crippen LogP contribution in [0.5, 0.6) is 0 Å². The van der Waals surface area contributed by atoms with Crippen molar-refractivity contribution in [1.82, 2.24) is 4.90 Å². The summed E-state index contributed by atoms with van der Waals surface area (Å²) in [5, 5.41) is 9.60. The summed E-state index contributed by atoms with van der Waals surface area (Å²) >= 11 is 0. The smallest absolute Gasteiger partial charge is 0.110 e. The highest BCUT2D eigenvalue weighted by molar-refractivity contribution is 5.47. The van der Waals surface area contributed by atoms with E-state index in [1.165, 1.54) is 11.3 Å². The van der Waals surface area contributed by atoms with E-state index >= 15 is 0 Å². The topological polar surface area (TPSA) is 30.3 Å². The van der Waals surface area contributed by atoms with Gasteiger partial charge in [-0.2, -0.15) is 5.26 Å². The van der Waals surface area contributed by atoms with Crippen LogP contribution in [0.2, 0.25) is 0 Å². The van der Waals surface area contributed by atoms with Gasteiger partial charge in [0.1, 0.15) is 5.54 Å². The number of hydrogen-bond donors (Lipinski definition) is 0. The first-order chi connectivity index (χ1) is 10.0. The molecule has 0 amide bonds. The van der Waals surface area contributed by atoms with Crippen LogP contribution in [0, 0.1) is 11.3 Å². The Bertz CT molecular complexity index is 452. The summed E-state index contributed by atoms with van der Waals surface area (Å²) in [4.78, 5) is 4.56. The number of benzene rings is 1. The van der Waals surface area contributed by atoms with Crippen LogP contribution in [0.4, 0.5) is 5.69 Å². The van der Waals surface area contributed by atoms with Gasteiger partial charge < -0.3 is 4.90 Å². The zero-order valence-corrected chi connectivity index (χ0v) is 14.2. The molecule has 0 fully saturated rings. The molecular weight excluding hydrogens is 258 g/mol. The van der Waals surface area contributed by atoms with E-state index in [2.05, 4.69) is 67.8 Å². The van der Waals surface area contributed by atoms with Crippen molar-refractivity contribution in [2.75, 3.05) is 31.1 Å². The summed E-state index contributed by atoms with van der Waals surface area (Å²) in [5.41, 5.74) is 2.05. The lowest BCUT2D eigenvalue weighted by Crippen LogP contribution is -2.46. The molecule has 0 aliphatic carbocycles. The monoisotopic (exact) mass is 287 g/mol. The van der Waals surface area contributed by atoms with Crippen LogP contribution < -0.4 is 4.90 Å². The van der Waals surface area contributed by atoms with Gasteiger partial charge in [0.05, 0.1) is 6.07 Å². The van der Waals surface area contributed by atoms with Crippen molar-refractivity contribution in [3.05, 3.63) is 29.8 Å². The van der Waals surface area contributed by atoms with Crippen molar-refractivity contribution in [1.29, 1.82) is 5.26 Å². The second-order valence-corrected chi connectivity index (χ2v) is 5.57. The van der Waals surface area contributed by atoms with E-state index < -0.39 is 5.54 Å². The normalized spacial score (nSPS) is 13.8. The minimum Gasteiger partial charge on any atom is -0.372 e. The Morgan fingerprint density at radius 1 is 0.952 bits per heavy atom. The third-order valence-electron chi connectivity index (χ3n) is 4.32. The van der Waals surface area contributed by atoms with Crippen LogP contribution in [0.25, 0.3) is 0 Å². The summed E-state index contributed by atoms with van der Waals surface area (Å²) < 4.78 is 0. The summed E-state index contributed by atoms with van der Waals surface area (Å²) in [6, 6.07) is 11.2. The molecule has 0 saturated carbocycles. The van der Waals surface area contributed by atoms with Gasteiger partial charge in [0.25, 0.3) is 0 Å². The zero-order valence-electron chi connectivity index (χ0n) is 14.2. The molecule has 0 bridgehead atoms. The van der Waals surface area contributed by atoms with Crippen molar-refractivity contribution >= 4 is 5.69 Å². The maximum atomic E-state index is 9.60. The van der Waals surface area contributed by atoms with Crippen LogP contribution in [0.1, 0.15) is 40.2 Å². The van der Waals surface area contributed by atoms with E-state index in [-0.39, 0.29) is 0 Å². The highest BCUT2D eigenvalue weighted by Crippen LogP contribution is 2.22. The molecular formula is C18H29N3. The molecule has 1 atom stereocenters. The van der Waals surface area contributed by atoms with Crippen molar-refractivity contribution in [2.45, 2.75) is 46.6 Å². The Morgan fingerprint density at radius 3 is 1.86 bits per heavy atom. The summed E-state index contributed by atoms with van der Waals surface area (Å²) in [6.07, 6.45) is 0.768. The lowest BCUT2D eigenvalue weighted by molar-refractivity contribution is 0.169. The minimum atomic E-state index is -0.430. The van der Waals surface area contributed by atoms with Crippen molar-refractivity contribution in [2.24, 2.45) is 0 Å². The van der Waals surface area contributed by atoms with E-state index in [1.54, 1.807) is 0 Å². The SMILES string of the molecule is CCN(CC)c1ccc(CC(C)(C#N)N(CC)CC)cc1. The van der Waals surface area contributed by atoms with Crippen molar-refractivity contribution in [3.8, 4) is 6.07 Å². The average molecular weight is 287 g/mol. The zero-order chi connectivity index (χ0) is 15.9. The van der Waals surface area contributed by atoms with E-state index in [0.29, 0.717) is 0 Å². The highest BCUT2D eigenvalue weighted by Gasteiger charge is 2.30. The predicted octanol–water partition coefficient (Wildman–Crippen LogP) is 3.70. The van der Waals surface area contributed by atoms with E-state index in [1.807, 2.05) is 6.92 Å². The molecule has 21 heavy (non-hydrogen) atoms. The fourth-order valence-corrected chi connectivity index (χ4v) is 2.95. The number of rotatable bonds is 8. The highest BCUT2D eigenvalue weighted by atomic mass is 15.2. The lowest BCUT2D eigenvalue weighted by atomic mass is 9.92. The largest absolute Gasteiger partial charge is 0.372 e. The van der Waals surface area contributed by atoms with Gasteiger partial charge >= 0.3 is 0 Å². The van der Waals surface area contributed by atoms with Crippen molar-refractivity contribution in [3.63, 3.8) is 0 Å². The molecule has 0 aromatic heterocycles. The van der Waals surface area contributed by atoms with E-state index in [9.17, 15) is 5.26 Å². The van der Waals surface area contributed by atoms with Crippen LogP contribution in [-0.2, 0) is 6.42 Å².